The first-order chi connectivity index (χ1) is 12.1. The molecule has 4 rings (SSSR count). The number of amides is 1. The highest BCUT2D eigenvalue weighted by Gasteiger charge is 2.22. The van der Waals surface area contributed by atoms with Crippen LogP contribution in [0.15, 0.2) is 35.4 Å². The SMILES string of the molecule is Cc1nc(SCC(=O)N(C)c2ccccc2)c2c3c(sc2n1)CCC3. The highest BCUT2D eigenvalue weighted by Crippen LogP contribution is 2.40. The van der Waals surface area contributed by atoms with E-state index >= 15 is 0 Å². The number of fused-ring (bicyclic) bond motifs is 3. The molecule has 0 atom stereocenters. The lowest BCUT2D eigenvalue weighted by Crippen LogP contribution is -2.27. The number of benzene rings is 1. The zero-order valence-corrected chi connectivity index (χ0v) is 15.9. The Morgan fingerprint density at radius 1 is 1.24 bits per heavy atom. The summed E-state index contributed by atoms with van der Waals surface area (Å²) in [6.07, 6.45) is 3.47. The van der Waals surface area contributed by atoms with Crippen LogP contribution < -0.4 is 4.90 Å². The van der Waals surface area contributed by atoms with E-state index in [4.69, 9.17) is 0 Å². The van der Waals surface area contributed by atoms with Crippen LogP contribution in [0.3, 0.4) is 0 Å². The molecule has 0 aliphatic heterocycles. The molecule has 1 aliphatic rings. The summed E-state index contributed by atoms with van der Waals surface area (Å²) in [6.45, 7) is 1.92. The molecule has 25 heavy (non-hydrogen) atoms. The van der Waals surface area contributed by atoms with Gasteiger partial charge in [-0.05, 0) is 43.9 Å². The molecule has 2 aromatic heterocycles. The molecule has 0 saturated heterocycles. The van der Waals surface area contributed by atoms with Crippen molar-refractivity contribution in [3.63, 3.8) is 0 Å². The molecule has 2 heterocycles. The fraction of sp³-hybridized carbons (Fsp3) is 0.316. The molecule has 0 bridgehead atoms. The second-order valence-corrected chi connectivity index (χ2v) is 8.24. The number of para-hydroxylation sites is 1. The molecule has 0 radical (unpaired) electrons. The van der Waals surface area contributed by atoms with Crippen LogP contribution in [-0.4, -0.2) is 28.7 Å². The first-order valence-corrected chi connectivity index (χ1v) is 10.2. The molecule has 1 amide bonds. The number of rotatable bonds is 4. The van der Waals surface area contributed by atoms with E-state index < -0.39 is 0 Å². The van der Waals surface area contributed by atoms with Gasteiger partial charge in [0.05, 0.1) is 5.75 Å². The first kappa shape index (κ1) is 16.5. The minimum atomic E-state index is 0.0764. The fourth-order valence-corrected chi connectivity index (χ4v) is 5.58. The number of thioether (sulfide) groups is 1. The molecular weight excluding hydrogens is 350 g/mol. The number of thiophene rings is 1. The van der Waals surface area contributed by atoms with E-state index in [1.54, 1.807) is 16.2 Å². The highest BCUT2D eigenvalue weighted by molar-refractivity contribution is 8.00. The van der Waals surface area contributed by atoms with Crippen molar-refractivity contribution in [2.45, 2.75) is 31.2 Å². The molecule has 6 heteroatoms. The van der Waals surface area contributed by atoms with E-state index in [-0.39, 0.29) is 5.91 Å². The molecule has 3 aromatic rings. The smallest absolute Gasteiger partial charge is 0.237 e. The van der Waals surface area contributed by atoms with Gasteiger partial charge in [0, 0.05) is 23.0 Å². The van der Waals surface area contributed by atoms with Crippen molar-refractivity contribution >= 4 is 44.9 Å². The lowest BCUT2D eigenvalue weighted by Gasteiger charge is -2.17. The Morgan fingerprint density at radius 3 is 2.84 bits per heavy atom. The number of aromatic nitrogens is 2. The average molecular weight is 370 g/mol. The van der Waals surface area contributed by atoms with Crippen LogP contribution in [0.4, 0.5) is 5.69 Å². The number of hydrogen-bond donors (Lipinski definition) is 0. The number of hydrogen-bond acceptors (Lipinski definition) is 5. The summed E-state index contributed by atoms with van der Waals surface area (Å²) in [5, 5.41) is 2.14. The Kier molecular flexibility index (Phi) is 4.48. The van der Waals surface area contributed by atoms with Crippen molar-refractivity contribution in [3.8, 4) is 0 Å². The van der Waals surface area contributed by atoms with Gasteiger partial charge in [0.15, 0.2) is 0 Å². The number of carbonyl (C=O) groups is 1. The van der Waals surface area contributed by atoms with Crippen molar-refractivity contribution in [3.05, 3.63) is 46.6 Å². The van der Waals surface area contributed by atoms with Gasteiger partial charge in [0.2, 0.25) is 5.91 Å². The standard InChI is InChI=1S/C19H19N3OS2/c1-12-20-18(17-14-9-6-10-15(14)25-19(17)21-12)24-11-16(23)22(2)13-7-4-3-5-8-13/h3-5,7-8H,6,9-11H2,1-2H3. The van der Waals surface area contributed by atoms with Crippen molar-refractivity contribution < 1.29 is 4.79 Å². The molecule has 1 aliphatic carbocycles. The third-order valence-electron chi connectivity index (χ3n) is 4.49. The van der Waals surface area contributed by atoms with Crippen LogP contribution in [0, 0.1) is 6.92 Å². The van der Waals surface area contributed by atoms with E-state index in [1.165, 1.54) is 34.0 Å². The van der Waals surface area contributed by atoms with Gasteiger partial charge >= 0.3 is 0 Å². The zero-order chi connectivity index (χ0) is 17.4. The van der Waals surface area contributed by atoms with E-state index in [0.717, 1.165) is 34.2 Å². The van der Waals surface area contributed by atoms with Gasteiger partial charge in [-0.15, -0.1) is 11.3 Å². The second kappa shape index (κ2) is 6.77. The minimum absolute atomic E-state index is 0.0764. The van der Waals surface area contributed by atoms with Crippen LogP contribution in [0.2, 0.25) is 0 Å². The summed E-state index contributed by atoms with van der Waals surface area (Å²) >= 11 is 3.32. The van der Waals surface area contributed by atoms with Gasteiger partial charge in [-0.1, -0.05) is 30.0 Å². The maximum absolute atomic E-state index is 12.6. The Hall–Kier alpha value is -1.92. The van der Waals surface area contributed by atoms with Gasteiger partial charge in [-0.2, -0.15) is 0 Å². The molecule has 0 unspecified atom stereocenters. The van der Waals surface area contributed by atoms with E-state index in [2.05, 4.69) is 9.97 Å². The van der Waals surface area contributed by atoms with Gasteiger partial charge in [0.1, 0.15) is 15.7 Å². The summed E-state index contributed by atoms with van der Waals surface area (Å²) in [5.74, 6) is 1.23. The van der Waals surface area contributed by atoms with Gasteiger partial charge in [0.25, 0.3) is 0 Å². The molecule has 128 valence electrons. The number of aryl methyl sites for hydroxylation is 3. The van der Waals surface area contributed by atoms with E-state index in [0.29, 0.717) is 5.75 Å². The maximum atomic E-state index is 12.6. The minimum Gasteiger partial charge on any atom is -0.315 e. The fourth-order valence-electron chi connectivity index (χ4n) is 3.19. The first-order valence-electron chi connectivity index (χ1n) is 8.37. The average Bonchev–Trinajstić information content (AvgIpc) is 3.20. The third kappa shape index (κ3) is 3.16. The number of carbonyl (C=O) groups excluding carboxylic acids is 1. The summed E-state index contributed by atoms with van der Waals surface area (Å²) in [7, 11) is 1.82. The Balaban J connectivity index is 1.58. The summed E-state index contributed by atoms with van der Waals surface area (Å²) < 4.78 is 0. The molecular formula is C19H19N3OS2. The van der Waals surface area contributed by atoms with Crippen LogP contribution in [0.25, 0.3) is 10.2 Å². The van der Waals surface area contributed by atoms with Gasteiger partial charge in [-0.3, -0.25) is 4.79 Å². The van der Waals surface area contributed by atoms with Crippen molar-refractivity contribution in [2.75, 3.05) is 17.7 Å². The molecule has 0 N–H and O–H groups in total. The Morgan fingerprint density at radius 2 is 2.04 bits per heavy atom. The van der Waals surface area contributed by atoms with Crippen LogP contribution in [-0.2, 0) is 17.6 Å². The Labute approximate surface area is 155 Å². The normalized spacial score (nSPS) is 13.2. The van der Waals surface area contributed by atoms with Crippen molar-refractivity contribution in [1.82, 2.24) is 9.97 Å². The summed E-state index contributed by atoms with van der Waals surface area (Å²) in [6, 6.07) is 9.73. The van der Waals surface area contributed by atoms with Crippen molar-refractivity contribution in [2.24, 2.45) is 0 Å². The Bertz CT molecular complexity index is 937. The zero-order valence-electron chi connectivity index (χ0n) is 14.3. The number of nitrogens with zero attached hydrogens (tertiary/aromatic N) is 3. The molecule has 0 fully saturated rings. The second-order valence-electron chi connectivity index (χ2n) is 6.19. The topological polar surface area (TPSA) is 46.1 Å². The molecule has 0 spiro atoms. The van der Waals surface area contributed by atoms with Crippen LogP contribution in [0.1, 0.15) is 22.7 Å². The predicted molar refractivity (Wildman–Crippen MR) is 105 cm³/mol. The highest BCUT2D eigenvalue weighted by atomic mass is 32.2. The molecule has 1 aromatic carbocycles. The quantitative estimate of drug-likeness (QED) is 0.510. The predicted octanol–water partition coefficient (Wildman–Crippen LogP) is 4.24. The van der Waals surface area contributed by atoms with Crippen LogP contribution in [0.5, 0.6) is 0 Å². The summed E-state index contributed by atoms with van der Waals surface area (Å²) in [5.41, 5.74) is 2.32. The lowest BCUT2D eigenvalue weighted by molar-refractivity contribution is -0.115. The molecule has 0 saturated carbocycles. The summed E-state index contributed by atoms with van der Waals surface area (Å²) in [4.78, 5) is 26.1. The third-order valence-corrected chi connectivity index (χ3v) is 6.64. The monoisotopic (exact) mass is 369 g/mol. The van der Waals surface area contributed by atoms with Crippen molar-refractivity contribution in [1.29, 1.82) is 0 Å². The molecule has 4 nitrogen and oxygen atoms in total. The van der Waals surface area contributed by atoms with Crippen LogP contribution >= 0.6 is 23.1 Å². The van der Waals surface area contributed by atoms with Gasteiger partial charge < -0.3 is 4.90 Å². The lowest BCUT2D eigenvalue weighted by atomic mass is 10.2. The van der Waals surface area contributed by atoms with Gasteiger partial charge in [-0.25, -0.2) is 9.97 Å². The largest absolute Gasteiger partial charge is 0.315 e. The number of anilines is 1. The maximum Gasteiger partial charge on any atom is 0.237 e. The van der Waals surface area contributed by atoms with E-state index in [9.17, 15) is 4.79 Å². The van der Waals surface area contributed by atoms with E-state index in [1.807, 2.05) is 44.3 Å².